The molecule has 6 heterocycles. The number of ether oxygens (including phenoxy) is 1. The number of alkyl halides is 1. The van der Waals surface area contributed by atoms with Gasteiger partial charge in [0, 0.05) is 61.1 Å². The predicted molar refractivity (Wildman–Crippen MR) is 180 cm³/mol. The van der Waals surface area contributed by atoms with Gasteiger partial charge < -0.3 is 12.8 Å². The fourth-order valence-electron chi connectivity index (χ4n) is 6.44. The summed E-state index contributed by atoms with van der Waals surface area (Å²) in [5.74, 6) is 0.434. The molecule has 10 nitrogen and oxygen atoms in total. The van der Waals surface area contributed by atoms with Crippen molar-refractivity contribution in [3.05, 3.63) is 54.4 Å². The highest BCUT2D eigenvalue weighted by Gasteiger charge is 2.29. The van der Waals surface area contributed by atoms with Gasteiger partial charge in [0.25, 0.3) is 0 Å². The monoisotopic (exact) mass is 730 g/mol. The van der Waals surface area contributed by atoms with E-state index in [0.717, 1.165) is 86.1 Å². The van der Waals surface area contributed by atoms with Crippen molar-refractivity contribution in [1.82, 2.24) is 39.5 Å². The van der Waals surface area contributed by atoms with Crippen LogP contribution in [0.15, 0.2) is 43.1 Å². The number of aromatic amines is 1. The second kappa shape index (κ2) is 14.1. The maximum Gasteiger partial charge on any atom is 0.214 e. The summed E-state index contributed by atoms with van der Waals surface area (Å²) < 4.78 is 28.6. The second-order valence-electron chi connectivity index (χ2n) is 11.8. The molecule has 4 atom stereocenters. The maximum absolute atomic E-state index is 14.8. The normalized spacial score (nSPS) is 20.7. The van der Waals surface area contributed by atoms with Gasteiger partial charge in [-0.2, -0.15) is 5.10 Å². The minimum atomic E-state index is -2.13. The van der Waals surface area contributed by atoms with Gasteiger partial charge in [0.1, 0.15) is 54.2 Å². The van der Waals surface area contributed by atoms with Gasteiger partial charge in [0.05, 0.1) is 30.7 Å². The molecule has 2 aliphatic heterocycles. The summed E-state index contributed by atoms with van der Waals surface area (Å²) >= 11 is 1.95. The van der Waals surface area contributed by atoms with Crippen molar-refractivity contribution in [3.8, 4) is 17.1 Å². The van der Waals surface area contributed by atoms with Crippen molar-refractivity contribution in [2.45, 2.75) is 75.6 Å². The van der Waals surface area contributed by atoms with Crippen LogP contribution < -0.4 is 4.74 Å². The van der Waals surface area contributed by atoms with Crippen molar-refractivity contribution in [1.29, 1.82) is 0 Å². The summed E-state index contributed by atoms with van der Waals surface area (Å²) in [7, 11) is 7.87. The number of halogens is 2. The third kappa shape index (κ3) is 7.44. The van der Waals surface area contributed by atoms with E-state index in [1.165, 1.54) is 0 Å². The Morgan fingerprint density at radius 1 is 1.23 bits per heavy atom. The molecule has 4 aromatic rings. The molecule has 14 heteroatoms. The Hall–Kier alpha value is -2.19. The average Bonchev–Trinajstić information content (AvgIpc) is 3.78. The number of fused-ring (bicyclic) bond motifs is 1. The Kier molecular flexibility index (Phi) is 10.2. The molecular weight excluding hydrogens is 692 g/mol. The molecule has 0 aliphatic carbocycles. The first-order chi connectivity index (χ1) is 21.3. The van der Waals surface area contributed by atoms with Crippen LogP contribution in [-0.2, 0) is 21.5 Å². The highest BCUT2D eigenvalue weighted by atomic mass is 127. The van der Waals surface area contributed by atoms with E-state index >= 15 is 0 Å². The summed E-state index contributed by atoms with van der Waals surface area (Å²) in [6.45, 7) is 7.15. The quantitative estimate of drug-likeness (QED) is 0.124. The van der Waals surface area contributed by atoms with Crippen molar-refractivity contribution in [3.63, 3.8) is 0 Å². The maximum atomic E-state index is 14.8. The Labute approximate surface area is 275 Å². The van der Waals surface area contributed by atoms with Gasteiger partial charge in [-0.25, -0.2) is 19.3 Å². The van der Waals surface area contributed by atoms with Crippen LogP contribution >= 0.6 is 32.2 Å². The molecule has 2 radical (unpaired) electrons. The minimum absolute atomic E-state index is 0.000404. The van der Waals surface area contributed by atoms with Crippen LogP contribution in [0.4, 0.5) is 4.39 Å². The van der Waals surface area contributed by atoms with E-state index in [0.29, 0.717) is 31.1 Å². The number of nitrogens with zero attached hydrogens (tertiary/aromatic N) is 7. The van der Waals surface area contributed by atoms with Crippen LogP contribution in [0.5, 0.6) is 5.88 Å². The van der Waals surface area contributed by atoms with Crippen LogP contribution in [0.3, 0.4) is 0 Å². The van der Waals surface area contributed by atoms with Crippen LogP contribution in [0.1, 0.15) is 50.3 Å². The molecule has 6 rings (SSSR count). The van der Waals surface area contributed by atoms with Crippen molar-refractivity contribution in [2.75, 3.05) is 26.2 Å². The van der Waals surface area contributed by atoms with E-state index in [1.54, 1.807) is 12.4 Å². The molecule has 4 aromatic heterocycles. The largest absolute Gasteiger partial charge is 0.474 e. The molecule has 1 N–H and O–H groups in total. The van der Waals surface area contributed by atoms with E-state index in [4.69, 9.17) is 15.6 Å². The topological polar surface area (TPSA) is 97.2 Å². The van der Waals surface area contributed by atoms with E-state index in [-0.39, 0.29) is 11.8 Å². The minimum Gasteiger partial charge on any atom is -0.474 e. The van der Waals surface area contributed by atoms with E-state index < -0.39 is 5.31 Å². The summed E-state index contributed by atoms with van der Waals surface area (Å²) in [5, 5.41) is 3.51. The van der Waals surface area contributed by atoms with Gasteiger partial charge in [0.2, 0.25) is 5.88 Å². The molecular formula is C30H38BFIN8O2P. The smallest absolute Gasteiger partial charge is 0.214 e. The molecule has 0 saturated carbocycles. The number of H-pyrrole nitrogens is 1. The third-order valence-corrected chi connectivity index (χ3v) is 9.46. The van der Waals surface area contributed by atoms with E-state index in [1.807, 2.05) is 52.2 Å². The van der Waals surface area contributed by atoms with Gasteiger partial charge in [-0.15, -0.1) is 9.24 Å². The average molecular weight is 730 g/mol. The number of piperidine rings is 1. The molecule has 2 aliphatic rings. The first kappa shape index (κ1) is 31.8. The molecule has 2 saturated heterocycles. The zero-order valence-electron chi connectivity index (χ0n) is 24.9. The number of likely N-dealkylation sites (tertiary alicyclic amines) is 2. The lowest BCUT2D eigenvalue weighted by molar-refractivity contribution is 0.0645. The highest BCUT2D eigenvalue weighted by molar-refractivity contribution is 14.1. The van der Waals surface area contributed by atoms with Crippen LogP contribution in [-0.4, -0.2) is 91.8 Å². The van der Waals surface area contributed by atoms with Crippen LogP contribution in [0.25, 0.3) is 22.3 Å². The molecule has 0 aromatic carbocycles. The molecule has 0 bridgehead atoms. The van der Waals surface area contributed by atoms with Gasteiger partial charge >= 0.3 is 0 Å². The van der Waals surface area contributed by atoms with Crippen molar-refractivity contribution >= 4 is 51.1 Å². The zero-order chi connectivity index (χ0) is 30.7. The molecule has 0 amide bonds. The van der Waals surface area contributed by atoms with Gasteiger partial charge in [-0.3, -0.25) is 14.5 Å². The number of nitrogens with one attached hydrogen (secondary N) is 1. The SMILES string of the molecule is [B]C(F)(P)c1cc(CN2CCCC2COI)cc(OC2CCN([C@@H](CC)Cn3cc(-c4ncnc5[nH]ccc45)cn3)CC2)n1. The number of aromatic nitrogens is 6. The van der Waals surface area contributed by atoms with Crippen LogP contribution in [0, 0.1) is 0 Å². The Bertz CT molecular complexity index is 1540. The Morgan fingerprint density at radius 2 is 2.07 bits per heavy atom. The zero-order valence-corrected chi connectivity index (χ0v) is 28.2. The van der Waals surface area contributed by atoms with Crippen LogP contribution in [0.2, 0.25) is 0 Å². The summed E-state index contributed by atoms with van der Waals surface area (Å²) in [5.41, 5.74) is 3.79. The molecule has 0 spiro atoms. The lowest BCUT2D eigenvalue weighted by Crippen LogP contribution is -2.45. The summed E-state index contributed by atoms with van der Waals surface area (Å²) in [6.07, 6.45) is 12.3. The fourth-order valence-corrected chi connectivity index (χ4v) is 7.01. The molecule has 3 unspecified atom stereocenters. The lowest BCUT2D eigenvalue weighted by Gasteiger charge is -2.37. The number of hydrogen-bond donors (Lipinski definition) is 1. The standard InChI is InChI=1S/C30H38BFIN8O2P/c1-2-22(17-41-16-21(14-37-41)28-25-5-8-34-29(25)36-19-35-28)39-10-6-24(7-11-39)43-27-13-20(12-26(38-27)30(31,32)44)15-40-9-3-4-23(40)18-42-33/h5,8,12-14,16,19,22-24H,2-4,6-7,9-11,15,17-18,44H2,1H3,(H,34,35,36)/t22-,23?,30?/m0/s1. The number of hydrogen-bond acceptors (Lipinski definition) is 8. The lowest BCUT2D eigenvalue weighted by atomic mass is 9.96. The Balaban J connectivity index is 1.08. The van der Waals surface area contributed by atoms with Crippen molar-refractivity contribution in [2.24, 2.45) is 0 Å². The second-order valence-corrected chi connectivity index (χ2v) is 13.3. The number of rotatable bonds is 12. The summed E-state index contributed by atoms with van der Waals surface area (Å²) in [4.78, 5) is 21.3. The molecule has 232 valence electrons. The van der Waals surface area contributed by atoms with Gasteiger partial charge in [0.15, 0.2) is 0 Å². The third-order valence-electron chi connectivity index (χ3n) is 8.80. The first-order valence-electron chi connectivity index (χ1n) is 15.3. The predicted octanol–water partition coefficient (Wildman–Crippen LogP) is 4.99. The van der Waals surface area contributed by atoms with Gasteiger partial charge in [-0.05, 0) is 56.3 Å². The number of pyridine rings is 1. The fraction of sp³-hybridized carbons (Fsp3) is 0.533. The Morgan fingerprint density at radius 3 is 2.84 bits per heavy atom. The summed E-state index contributed by atoms with van der Waals surface area (Å²) in [6, 6.07) is 6.38. The molecule has 44 heavy (non-hydrogen) atoms. The van der Waals surface area contributed by atoms with Gasteiger partial charge in [-0.1, -0.05) is 6.92 Å². The van der Waals surface area contributed by atoms with E-state index in [2.05, 4.69) is 57.2 Å². The van der Waals surface area contributed by atoms with Crippen molar-refractivity contribution < 1.29 is 12.2 Å². The highest BCUT2D eigenvalue weighted by Crippen LogP contribution is 2.32. The van der Waals surface area contributed by atoms with E-state index in [9.17, 15) is 4.39 Å². The molecule has 2 fully saturated rings. The first-order valence-corrected chi connectivity index (χ1v) is 16.7.